The Labute approximate surface area is 103 Å². The number of amides is 1. The first-order valence-corrected chi connectivity index (χ1v) is 6.10. The molecule has 1 fully saturated rings. The lowest BCUT2D eigenvalue weighted by Gasteiger charge is -2.29. The lowest BCUT2D eigenvalue weighted by atomic mass is 9.81. The third-order valence-electron chi connectivity index (χ3n) is 3.76. The van der Waals surface area contributed by atoms with Gasteiger partial charge in [-0.05, 0) is 18.3 Å². The number of nitrogens with two attached hydrogens (primary N) is 1. The molecule has 1 aliphatic rings. The smallest absolute Gasteiger partial charge is 0.225 e. The fraction of sp³-hybridized carbons (Fsp3) is 0.833. The predicted molar refractivity (Wildman–Crippen MR) is 66.8 cm³/mol. The third-order valence-corrected chi connectivity index (χ3v) is 3.76. The highest BCUT2D eigenvalue weighted by Crippen LogP contribution is 2.43. The quantitative estimate of drug-likeness (QED) is 0.338. The van der Waals surface area contributed by atoms with E-state index in [1.807, 2.05) is 0 Å². The van der Waals surface area contributed by atoms with Crippen LogP contribution in [0.4, 0.5) is 0 Å². The monoisotopic (exact) mass is 241 g/mol. The van der Waals surface area contributed by atoms with Gasteiger partial charge in [-0.25, -0.2) is 0 Å². The van der Waals surface area contributed by atoms with Crippen molar-refractivity contribution in [2.45, 2.75) is 39.5 Å². The van der Waals surface area contributed by atoms with Crippen LogP contribution in [-0.4, -0.2) is 35.4 Å². The molecule has 17 heavy (non-hydrogen) atoms. The van der Waals surface area contributed by atoms with E-state index < -0.39 is 0 Å². The number of amidine groups is 1. The maximum absolute atomic E-state index is 12.2. The molecule has 0 heterocycles. The minimum atomic E-state index is 0.0992. The fourth-order valence-electron chi connectivity index (χ4n) is 2.49. The molecule has 98 valence electrons. The Morgan fingerprint density at radius 2 is 2.24 bits per heavy atom. The van der Waals surface area contributed by atoms with Crippen LogP contribution < -0.4 is 5.73 Å². The number of hydrogen-bond donors (Lipinski definition) is 2. The first kappa shape index (κ1) is 13.8. The highest BCUT2D eigenvalue weighted by molar-refractivity contribution is 5.82. The predicted octanol–water partition coefficient (Wildman–Crippen LogP) is 1.41. The average molecular weight is 241 g/mol. The van der Waals surface area contributed by atoms with Crippen LogP contribution in [0.25, 0.3) is 0 Å². The summed E-state index contributed by atoms with van der Waals surface area (Å²) in [4.78, 5) is 13.9. The molecule has 0 saturated heterocycles. The Balaban J connectivity index is 2.52. The number of carbonyl (C=O) groups excluding carboxylic acids is 1. The van der Waals surface area contributed by atoms with E-state index in [-0.39, 0.29) is 23.1 Å². The standard InChI is InChI=1S/C12H23N3O2/c1-12(2)7-4-5-9(12)11(16)15(3)8-6-10(13)14-17/h9,17H,4-8H2,1-3H3,(H2,13,14). The van der Waals surface area contributed by atoms with Crippen molar-refractivity contribution >= 4 is 11.7 Å². The summed E-state index contributed by atoms with van der Waals surface area (Å²) in [5.74, 6) is 0.452. The summed E-state index contributed by atoms with van der Waals surface area (Å²) in [5.41, 5.74) is 5.49. The van der Waals surface area contributed by atoms with Crippen molar-refractivity contribution in [1.82, 2.24) is 4.90 Å². The van der Waals surface area contributed by atoms with E-state index in [0.29, 0.717) is 13.0 Å². The second kappa shape index (κ2) is 5.38. The molecule has 1 saturated carbocycles. The van der Waals surface area contributed by atoms with Gasteiger partial charge >= 0.3 is 0 Å². The summed E-state index contributed by atoms with van der Waals surface area (Å²) in [5, 5.41) is 11.3. The van der Waals surface area contributed by atoms with E-state index in [1.54, 1.807) is 11.9 Å². The summed E-state index contributed by atoms with van der Waals surface area (Å²) >= 11 is 0. The van der Waals surface area contributed by atoms with Gasteiger partial charge in [-0.2, -0.15) is 0 Å². The highest BCUT2D eigenvalue weighted by atomic mass is 16.4. The van der Waals surface area contributed by atoms with E-state index in [9.17, 15) is 4.79 Å². The van der Waals surface area contributed by atoms with Crippen molar-refractivity contribution in [2.24, 2.45) is 22.2 Å². The lowest BCUT2D eigenvalue weighted by Crippen LogP contribution is -2.39. The molecule has 1 amide bonds. The van der Waals surface area contributed by atoms with Crippen LogP contribution in [0.3, 0.4) is 0 Å². The molecule has 0 radical (unpaired) electrons. The van der Waals surface area contributed by atoms with Crippen LogP contribution in [0.5, 0.6) is 0 Å². The molecule has 3 N–H and O–H groups in total. The van der Waals surface area contributed by atoms with Crippen molar-refractivity contribution in [3.8, 4) is 0 Å². The molecular weight excluding hydrogens is 218 g/mol. The van der Waals surface area contributed by atoms with Crippen LogP contribution >= 0.6 is 0 Å². The molecule has 0 aromatic carbocycles. The van der Waals surface area contributed by atoms with Crippen LogP contribution in [0, 0.1) is 11.3 Å². The maximum Gasteiger partial charge on any atom is 0.225 e. The first-order valence-electron chi connectivity index (χ1n) is 6.10. The molecule has 1 aliphatic carbocycles. The number of nitrogens with zero attached hydrogens (tertiary/aromatic N) is 2. The topological polar surface area (TPSA) is 78.9 Å². The zero-order chi connectivity index (χ0) is 13.1. The Morgan fingerprint density at radius 3 is 2.71 bits per heavy atom. The fourth-order valence-corrected chi connectivity index (χ4v) is 2.49. The van der Waals surface area contributed by atoms with Gasteiger partial charge in [0.15, 0.2) is 0 Å². The molecule has 5 nitrogen and oxygen atoms in total. The minimum absolute atomic E-state index is 0.0992. The van der Waals surface area contributed by atoms with Crippen molar-refractivity contribution in [1.29, 1.82) is 0 Å². The zero-order valence-electron chi connectivity index (χ0n) is 10.9. The van der Waals surface area contributed by atoms with Gasteiger partial charge in [0.2, 0.25) is 5.91 Å². The molecular formula is C12H23N3O2. The Bertz CT molecular complexity index is 313. The van der Waals surface area contributed by atoms with Crippen LogP contribution in [0.2, 0.25) is 0 Å². The van der Waals surface area contributed by atoms with E-state index in [1.165, 1.54) is 0 Å². The number of hydrogen-bond acceptors (Lipinski definition) is 3. The van der Waals surface area contributed by atoms with Gasteiger partial charge in [-0.1, -0.05) is 25.4 Å². The molecule has 1 atom stereocenters. The lowest BCUT2D eigenvalue weighted by molar-refractivity contribution is -0.136. The number of rotatable bonds is 4. The second-order valence-corrected chi connectivity index (χ2v) is 5.53. The van der Waals surface area contributed by atoms with Gasteiger partial charge in [0.1, 0.15) is 5.84 Å². The van der Waals surface area contributed by atoms with Crippen molar-refractivity contribution in [3.05, 3.63) is 0 Å². The Kier molecular flexibility index (Phi) is 4.37. The molecule has 0 aromatic heterocycles. The average Bonchev–Trinajstić information content (AvgIpc) is 2.64. The largest absolute Gasteiger partial charge is 0.409 e. The molecule has 1 rings (SSSR count). The Morgan fingerprint density at radius 1 is 1.59 bits per heavy atom. The van der Waals surface area contributed by atoms with Gasteiger partial charge in [-0.15, -0.1) is 0 Å². The molecule has 0 spiro atoms. The summed E-state index contributed by atoms with van der Waals surface area (Å²) in [6, 6.07) is 0. The van der Waals surface area contributed by atoms with Gasteiger partial charge in [0.05, 0.1) is 0 Å². The van der Waals surface area contributed by atoms with Gasteiger partial charge < -0.3 is 15.8 Å². The third kappa shape index (κ3) is 3.35. The minimum Gasteiger partial charge on any atom is -0.409 e. The van der Waals surface area contributed by atoms with E-state index >= 15 is 0 Å². The molecule has 5 heteroatoms. The normalized spacial score (nSPS) is 23.7. The summed E-state index contributed by atoms with van der Waals surface area (Å²) in [6.07, 6.45) is 3.61. The molecule has 0 aliphatic heterocycles. The summed E-state index contributed by atoms with van der Waals surface area (Å²) < 4.78 is 0. The van der Waals surface area contributed by atoms with E-state index in [2.05, 4.69) is 19.0 Å². The van der Waals surface area contributed by atoms with E-state index in [4.69, 9.17) is 10.9 Å². The number of oxime groups is 1. The SMILES string of the molecule is CN(CCC(N)=NO)C(=O)C1CCCC1(C)C. The zero-order valence-corrected chi connectivity index (χ0v) is 10.9. The maximum atomic E-state index is 12.2. The Hall–Kier alpha value is -1.26. The number of carbonyl (C=O) groups is 1. The summed E-state index contributed by atoms with van der Waals surface area (Å²) in [7, 11) is 1.78. The van der Waals surface area contributed by atoms with Gasteiger partial charge in [0, 0.05) is 25.9 Å². The highest BCUT2D eigenvalue weighted by Gasteiger charge is 2.40. The molecule has 0 aromatic rings. The van der Waals surface area contributed by atoms with Gasteiger partial charge in [0.25, 0.3) is 0 Å². The van der Waals surface area contributed by atoms with Crippen molar-refractivity contribution in [3.63, 3.8) is 0 Å². The van der Waals surface area contributed by atoms with Crippen molar-refractivity contribution < 1.29 is 10.0 Å². The molecule has 0 bridgehead atoms. The van der Waals surface area contributed by atoms with Crippen LogP contribution in [0.15, 0.2) is 5.16 Å². The van der Waals surface area contributed by atoms with E-state index in [0.717, 1.165) is 19.3 Å². The molecule has 1 unspecified atom stereocenters. The van der Waals surface area contributed by atoms with Crippen LogP contribution in [-0.2, 0) is 4.79 Å². The van der Waals surface area contributed by atoms with Crippen LogP contribution in [0.1, 0.15) is 39.5 Å². The van der Waals surface area contributed by atoms with Gasteiger partial charge in [-0.3, -0.25) is 4.79 Å². The van der Waals surface area contributed by atoms with Crippen molar-refractivity contribution in [2.75, 3.05) is 13.6 Å². The first-order chi connectivity index (χ1) is 7.88. The summed E-state index contributed by atoms with van der Waals surface area (Å²) in [6.45, 7) is 4.81. The second-order valence-electron chi connectivity index (χ2n) is 5.53.